The van der Waals surface area contributed by atoms with Crippen LogP contribution in [0.4, 0.5) is 10.5 Å². The number of para-hydroxylation sites is 1. The van der Waals surface area contributed by atoms with E-state index in [0.717, 1.165) is 5.56 Å². The number of hydrogen-bond donors (Lipinski definition) is 3. The topological polar surface area (TPSA) is 78.8 Å². The molecule has 3 aliphatic rings. The van der Waals surface area contributed by atoms with Crippen LogP contribution in [0.5, 0.6) is 0 Å². The number of hydrogen-bond acceptors (Lipinski definition) is 4. The monoisotopic (exact) mass is 379 g/mol. The van der Waals surface area contributed by atoms with Crippen molar-refractivity contribution in [3.8, 4) is 0 Å². The molecule has 1 heterocycles. The molecule has 3 N–H and O–H groups in total. The SMILES string of the molecule is C[C@@H](O)[C@]1(C)[C@H](Cl)C[C@H]2[C@@H]([C@H]1O)[C@@]1(OC(=O)Nc3ccccc31)C2(C)C. The number of fused-ring (bicyclic) bond motifs is 4. The number of carbonyl (C=O) groups excluding carboxylic acids is 1. The molecule has 2 aliphatic carbocycles. The lowest BCUT2D eigenvalue weighted by molar-refractivity contribution is -0.317. The summed E-state index contributed by atoms with van der Waals surface area (Å²) in [6.07, 6.45) is -1.52. The third kappa shape index (κ3) is 1.87. The van der Waals surface area contributed by atoms with Crippen molar-refractivity contribution >= 4 is 23.4 Å². The molecule has 1 aromatic rings. The number of ether oxygens (including phenoxy) is 1. The highest BCUT2D eigenvalue weighted by Gasteiger charge is 2.77. The molecule has 0 aromatic heterocycles. The number of anilines is 1. The van der Waals surface area contributed by atoms with Gasteiger partial charge in [-0.3, -0.25) is 5.32 Å². The molecule has 2 saturated carbocycles. The van der Waals surface area contributed by atoms with Gasteiger partial charge in [0, 0.05) is 27.7 Å². The molecule has 1 aromatic carbocycles. The fourth-order valence-electron chi connectivity index (χ4n) is 5.76. The van der Waals surface area contributed by atoms with E-state index in [1.54, 1.807) is 6.92 Å². The van der Waals surface area contributed by atoms with E-state index >= 15 is 0 Å². The lowest BCUT2D eigenvalue weighted by atomic mass is 9.36. The maximum atomic E-state index is 12.4. The van der Waals surface area contributed by atoms with E-state index in [9.17, 15) is 15.0 Å². The molecule has 142 valence electrons. The summed E-state index contributed by atoms with van der Waals surface area (Å²) in [4.78, 5) is 12.4. The van der Waals surface area contributed by atoms with Crippen molar-refractivity contribution in [3.05, 3.63) is 29.8 Å². The van der Waals surface area contributed by atoms with Gasteiger partial charge in [-0.15, -0.1) is 11.6 Å². The predicted molar refractivity (Wildman–Crippen MR) is 99.0 cm³/mol. The Morgan fingerprint density at radius 2 is 1.96 bits per heavy atom. The quantitative estimate of drug-likeness (QED) is 0.653. The molecule has 0 saturated heterocycles. The Morgan fingerprint density at radius 3 is 2.62 bits per heavy atom. The summed E-state index contributed by atoms with van der Waals surface area (Å²) in [6.45, 7) is 7.64. The van der Waals surface area contributed by atoms with Gasteiger partial charge >= 0.3 is 6.09 Å². The summed E-state index contributed by atoms with van der Waals surface area (Å²) in [5.74, 6) is -0.231. The van der Waals surface area contributed by atoms with Crippen molar-refractivity contribution in [2.24, 2.45) is 22.7 Å². The van der Waals surface area contributed by atoms with Crippen LogP contribution in [-0.4, -0.2) is 33.9 Å². The standard InChI is InChI=1S/C20H26ClNO4/c1-10(23)19(4)14(21)9-12-15(16(19)24)20(18(12,2)3)11-7-5-6-8-13(11)22-17(25)26-20/h5-8,10,12,14-16,23-24H,9H2,1-4H3,(H,22,25)/t10-,12+,14-,15+,16-,19-,20-/m1/s1. The molecule has 1 spiro atoms. The van der Waals surface area contributed by atoms with E-state index in [1.165, 1.54) is 0 Å². The van der Waals surface area contributed by atoms with Gasteiger partial charge in [0.05, 0.1) is 17.9 Å². The second-order valence-electron chi connectivity index (χ2n) is 8.84. The van der Waals surface area contributed by atoms with Crippen LogP contribution in [0.25, 0.3) is 0 Å². The largest absolute Gasteiger partial charge is 0.437 e. The second kappa shape index (κ2) is 5.37. The van der Waals surface area contributed by atoms with Crippen molar-refractivity contribution < 1.29 is 19.7 Å². The van der Waals surface area contributed by atoms with Gasteiger partial charge in [-0.1, -0.05) is 39.0 Å². The number of aliphatic hydroxyl groups excluding tert-OH is 2. The zero-order valence-electron chi connectivity index (χ0n) is 15.5. The molecular formula is C20H26ClNO4. The summed E-state index contributed by atoms with van der Waals surface area (Å²) in [5.41, 5.74) is -0.610. The minimum absolute atomic E-state index is 0.0887. The highest BCUT2D eigenvalue weighted by molar-refractivity contribution is 6.21. The number of alkyl halides is 1. The molecular weight excluding hydrogens is 354 g/mol. The summed E-state index contributed by atoms with van der Waals surface area (Å²) >= 11 is 6.65. The summed E-state index contributed by atoms with van der Waals surface area (Å²) in [7, 11) is 0. The Bertz CT molecular complexity index is 766. The van der Waals surface area contributed by atoms with Crippen LogP contribution in [0.15, 0.2) is 24.3 Å². The summed E-state index contributed by atoms with van der Waals surface area (Å²) in [6, 6.07) is 7.59. The molecule has 6 heteroatoms. The van der Waals surface area contributed by atoms with Crippen molar-refractivity contribution in [2.75, 3.05) is 5.32 Å². The van der Waals surface area contributed by atoms with Gasteiger partial charge in [0.15, 0.2) is 5.60 Å². The van der Waals surface area contributed by atoms with Gasteiger partial charge in [0.25, 0.3) is 0 Å². The van der Waals surface area contributed by atoms with Crippen LogP contribution >= 0.6 is 11.6 Å². The maximum absolute atomic E-state index is 12.4. The minimum Gasteiger partial charge on any atom is -0.437 e. The normalized spacial score (nSPS) is 44.2. The molecule has 5 nitrogen and oxygen atoms in total. The maximum Gasteiger partial charge on any atom is 0.412 e. The number of aliphatic hydroxyl groups is 2. The highest BCUT2D eigenvalue weighted by Crippen LogP contribution is 2.73. The van der Waals surface area contributed by atoms with Crippen LogP contribution in [0.3, 0.4) is 0 Å². The molecule has 26 heavy (non-hydrogen) atoms. The molecule has 0 radical (unpaired) electrons. The number of benzene rings is 1. The van der Waals surface area contributed by atoms with E-state index in [2.05, 4.69) is 19.2 Å². The highest BCUT2D eigenvalue weighted by atomic mass is 35.5. The van der Waals surface area contributed by atoms with E-state index in [0.29, 0.717) is 12.1 Å². The van der Waals surface area contributed by atoms with Crippen LogP contribution in [0.2, 0.25) is 0 Å². The molecule has 1 amide bonds. The van der Waals surface area contributed by atoms with Crippen molar-refractivity contribution in [2.45, 2.75) is 57.3 Å². The first-order valence-corrected chi connectivity index (χ1v) is 9.61. The van der Waals surface area contributed by atoms with Gasteiger partial charge in [-0.05, 0) is 25.3 Å². The average molecular weight is 380 g/mol. The lowest BCUT2D eigenvalue weighted by Gasteiger charge is -2.72. The first-order valence-electron chi connectivity index (χ1n) is 9.18. The van der Waals surface area contributed by atoms with Gasteiger partial charge in [-0.25, -0.2) is 4.79 Å². The van der Waals surface area contributed by atoms with Crippen molar-refractivity contribution in [1.82, 2.24) is 0 Å². The number of amides is 1. The lowest BCUT2D eigenvalue weighted by Crippen LogP contribution is -2.77. The molecule has 4 rings (SSSR count). The second-order valence-corrected chi connectivity index (χ2v) is 9.37. The van der Waals surface area contributed by atoms with Crippen LogP contribution < -0.4 is 5.32 Å². The molecule has 2 fully saturated rings. The van der Waals surface area contributed by atoms with Crippen LogP contribution in [-0.2, 0) is 10.3 Å². The van der Waals surface area contributed by atoms with Crippen molar-refractivity contribution in [3.63, 3.8) is 0 Å². The van der Waals surface area contributed by atoms with Crippen molar-refractivity contribution in [1.29, 1.82) is 0 Å². The number of carbonyl (C=O) groups is 1. The summed E-state index contributed by atoms with van der Waals surface area (Å²) in [5, 5.41) is 24.2. The third-order valence-corrected chi connectivity index (χ3v) is 8.27. The third-order valence-electron chi connectivity index (χ3n) is 7.62. The number of rotatable bonds is 1. The van der Waals surface area contributed by atoms with Gasteiger partial charge in [0.1, 0.15) is 0 Å². The molecule has 0 bridgehead atoms. The van der Waals surface area contributed by atoms with E-state index in [1.807, 2.05) is 31.2 Å². The van der Waals surface area contributed by atoms with Gasteiger partial charge in [0.2, 0.25) is 0 Å². The average Bonchev–Trinajstić information content (AvgIpc) is 2.58. The Hall–Kier alpha value is -1.30. The Kier molecular flexibility index (Phi) is 3.73. The van der Waals surface area contributed by atoms with Crippen LogP contribution in [0, 0.1) is 22.7 Å². The minimum atomic E-state index is -0.941. The number of halogens is 1. The van der Waals surface area contributed by atoms with E-state index < -0.39 is 29.3 Å². The predicted octanol–water partition coefficient (Wildman–Crippen LogP) is 3.48. The zero-order chi connectivity index (χ0) is 19.1. The first-order chi connectivity index (χ1) is 12.1. The van der Waals surface area contributed by atoms with E-state index in [4.69, 9.17) is 16.3 Å². The van der Waals surface area contributed by atoms with E-state index in [-0.39, 0.29) is 22.6 Å². The Morgan fingerprint density at radius 1 is 1.31 bits per heavy atom. The zero-order valence-corrected chi connectivity index (χ0v) is 16.2. The smallest absolute Gasteiger partial charge is 0.412 e. The Balaban J connectivity index is 1.90. The molecule has 7 atom stereocenters. The Labute approximate surface area is 158 Å². The number of nitrogens with one attached hydrogen (secondary N) is 1. The molecule has 1 aliphatic heterocycles. The van der Waals surface area contributed by atoms with Crippen LogP contribution in [0.1, 0.15) is 39.7 Å². The fourth-order valence-corrected chi connectivity index (χ4v) is 6.26. The summed E-state index contributed by atoms with van der Waals surface area (Å²) < 4.78 is 5.96. The van der Waals surface area contributed by atoms with Gasteiger partial charge < -0.3 is 14.9 Å². The molecule has 0 unspecified atom stereocenters. The fraction of sp³-hybridized carbons (Fsp3) is 0.650. The van der Waals surface area contributed by atoms with Gasteiger partial charge in [-0.2, -0.15) is 0 Å². The first kappa shape index (κ1) is 18.1.